The average molecular weight is 322 g/mol. The molecule has 0 spiro atoms. The Bertz CT molecular complexity index is 597. The third kappa shape index (κ3) is 3.34. The van der Waals surface area contributed by atoms with Crippen molar-refractivity contribution in [3.05, 3.63) is 64.1 Å². The van der Waals surface area contributed by atoms with Gasteiger partial charge in [-0.2, -0.15) is 0 Å². The lowest BCUT2D eigenvalue weighted by Crippen LogP contribution is -2.21. The minimum Gasteiger partial charge on any atom is -0.484 e. The Morgan fingerprint density at radius 3 is 2.57 bits per heavy atom. The van der Waals surface area contributed by atoms with Crippen molar-refractivity contribution < 1.29 is 4.74 Å². The summed E-state index contributed by atoms with van der Waals surface area (Å²) in [5, 5.41) is 4.39. The van der Waals surface area contributed by atoms with Crippen molar-refractivity contribution in [1.82, 2.24) is 5.32 Å². The highest BCUT2D eigenvalue weighted by Crippen LogP contribution is 2.37. The van der Waals surface area contributed by atoms with Crippen molar-refractivity contribution in [3.8, 4) is 5.75 Å². The van der Waals surface area contributed by atoms with Gasteiger partial charge in [0.15, 0.2) is 0 Å². The van der Waals surface area contributed by atoms with Gasteiger partial charge in [-0.05, 0) is 30.7 Å². The highest BCUT2D eigenvalue weighted by atomic mass is 35.5. The first kappa shape index (κ1) is 14.7. The first-order valence-corrected chi connectivity index (χ1v) is 7.87. The number of hydrogen-bond donors (Lipinski definition) is 1. The molecule has 1 aliphatic rings. The van der Waals surface area contributed by atoms with Gasteiger partial charge in [0.1, 0.15) is 16.9 Å². The highest BCUT2D eigenvalue weighted by molar-refractivity contribution is 6.42. The topological polar surface area (TPSA) is 21.3 Å². The fourth-order valence-corrected chi connectivity index (χ4v) is 3.06. The van der Waals surface area contributed by atoms with Gasteiger partial charge < -0.3 is 10.1 Å². The Balaban J connectivity index is 1.90. The van der Waals surface area contributed by atoms with Crippen molar-refractivity contribution >= 4 is 23.2 Å². The Morgan fingerprint density at radius 2 is 1.86 bits per heavy atom. The Morgan fingerprint density at radius 1 is 1.05 bits per heavy atom. The summed E-state index contributed by atoms with van der Waals surface area (Å²) in [6.07, 6.45) is 1.08. The third-order valence-corrected chi connectivity index (χ3v) is 4.63. The van der Waals surface area contributed by atoms with Crippen LogP contribution in [0.25, 0.3) is 0 Å². The minimum absolute atomic E-state index is 0.0165. The molecule has 3 rings (SSSR count). The van der Waals surface area contributed by atoms with Crippen LogP contribution in [0.3, 0.4) is 0 Å². The van der Waals surface area contributed by atoms with Crippen LogP contribution in [0.4, 0.5) is 0 Å². The van der Waals surface area contributed by atoms with E-state index in [4.69, 9.17) is 27.9 Å². The minimum atomic E-state index is -0.0165. The maximum absolute atomic E-state index is 6.26. The van der Waals surface area contributed by atoms with Gasteiger partial charge >= 0.3 is 0 Å². The zero-order chi connectivity index (χ0) is 14.7. The van der Waals surface area contributed by atoms with E-state index in [0.29, 0.717) is 21.7 Å². The first-order chi connectivity index (χ1) is 10.3. The van der Waals surface area contributed by atoms with E-state index in [0.717, 1.165) is 19.5 Å². The molecule has 0 radical (unpaired) electrons. The molecule has 0 unspecified atom stereocenters. The largest absolute Gasteiger partial charge is 0.484 e. The quantitative estimate of drug-likeness (QED) is 0.879. The molecule has 0 saturated carbocycles. The molecule has 0 aliphatic carbocycles. The van der Waals surface area contributed by atoms with Crippen molar-refractivity contribution in [2.24, 2.45) is 5.92 Å². The summed E-state index contributed by atoms with van der Waals surface area (Å²) in [7, 11) is 0. The second-order valence-electron chi connectivity index (χ2n) is 5.25. The summed E-state index contributed by atoms with van der Waals surface area (Å²) in [4.78, 5) is 0. The lowest BCUT2D eigenvalue weighted by atomic mass is 9.95. The van der Waals surface area contributed by atoms with E-state index in [1.165, 1.54) is 5.56 Å². The molecule has 21 heavy (non-hydrogen) atoms. The SMILES string of the molecule is Clc1cccc(O[C@@H](c2ccccc2)[C@H]2CCNC2)c1Cl. The molecule has 1 heterocycles. The Hall–Kier alpha value is -1.22. The third-order valence-electron chi connectivity index (χ3n) is 3.82. The molecule has 4 heteroatoms. The van der Waals surface area contributed by atoms with Crippen LogP contribution < -0.4 is 10.1 Å². The van der Waals surface area contributed by atoms with Crippen LogP contribution in [0.15, 0.2) is 48.5 Å². The lowest BCUT2D eigenvalue weighted by molar-refractivity contribution is 0.144. The van der Waals surface area contributed by atoms with Crippen LogP contribution in [0, 0.1) is 5.92 Å². The van der Waals surface area contributed by atoms with E-state index >= 15 is 0 Å². The van der Waals surface area contributed by atoms with Gasteiger partial charge in [0.05, 0.1) is 5.02 Å². The summed E-state index contributed by atoms with van der Waals surface area (Å²) in [5.41, 5.74) is 1.17. The first-order valence-electron chi connectivity index (χ1n) is 7.12. The molecule has 1 aliphatic heterocycles. The average Bonchev–Trinajstić information content (AvgIpc) is 3.04. The summed E-state index contributed by atoms with van der Waals surface area (Å²) >= 11 is 12.3. The van der Waals surface area contributed by atoms with Crippen LogP contribution in [0.5, 0.6) is 5.75 Å². The Kier molecular flexibility index (Phi) is 4.69. The van der Waals surface area contributed by atoms with Crippen LogP contribution in [-0.4, -0.2) is 13.1 Å². The molecule has 1 fully saturated rings. The molecular formula is C17H17Cl2NO. The predicted octanol–water partition coefficient (Wildman–Crippen LogP) is 4.72. The number of halogens is 2. The monoisotopic (exact) mass is 321 g/mol. The van der Waals surface area contributed by atoms with Crippen molar-refractivity contribution in [3.63, 3.8) is 0 Å². The fourth-order valence-electron chi connectivity index (χ4n) is 2.73. The van der Waals surface area contributed by atoms with E-state index in [-0.39, 0.29) is 6.10 Å². The molecule has 110 valence electrons. The summed E-state index contributed by atoms with van der Waals surface area (Å²) in [6.45, 7) is 1.98. The van der Waals surface area contributed by atoms with E-state index in [2.05, 4.69) is 17.4 Å². The Labute approximate surface area is 135 Å². The van der Waals surface area contributed by atoms with Crippen molar-refractivity contribution in [2.75, 3.05) is 13.1 Å². The molecule has 1 saturated heterocycles. The van der Waals surface area contributed by atoms with Gasteiger partial charge in [-0.25, -0.2) is 0 Å². The molecular weight excluding hydrogens is 305 g/mol. The molecule has 1 N–H and O–H groups in total. The summed E-state index contributed by atoms with van der Waals surface area (Å²) < 4.78 is 6.24. The van der Waals surface area contributed by atoms with Crippen molar-refractivity contribution in [2.45, 2.75) is 12.5 Å². The maximum Gasteiger partial charge on any atom is 0.140 e. The van der Waals surface area contributed by atoms with Gasteiger partial charge in [-0.15, -0.1) is 0 Å². The van der Waals surface area contributed by atoms with E-state index in [1.807, 2.05) is 30.3 Å². The highest BCUT2D eigenvalue weighted by Gasteiger charge is 2.28. The smallest absolute Gasteiger partial charge is 0.140 e. The molecule has 2 aromatic rings. The van der Waals surface area contributed by atoms with Gasteiger partial charge in [-0.1, -0.05) is 59.6 Å². The second kappa shape index (κ2) is 6.69. The standard InChI is InChI=1S/C17H17Cl2NO/c18-14-7-4-8-15(16(14)19)21-17(13-9-10-20-11-13)12-5-2-1-3-6-12/h1-8,13,17,20H,9-11H2/t13-,17-/m0/s1. The fraction of sp³-hybridized carbons (Fsp3) is 0.294. The molecule has 0 aromatic heterocycles. The van der Waals surface area contributed by atoms with Crippen molar-refractivity contribution in [1.29, 1.82) is 0 Å². The number of benzene rings is 2. The van der Waals surface area contributed by atoms with Gasteiger partial charge in [0, 0.05) is 12.5 Å². The zero-order valence-electron chi connectivity index (χ0n) is 11.6. The second-order valence-corrected chi connectivity index (χ2v) is 6.04. The molecule has 2 aromatic carbocycles. The van der Waals surface area contributed by atoms with Crippen LogP contribution in [0.1, 0.15) is 18.1 Å². The van der Waals surface area contributed by atoms with E-state index in [1.54, 1.807) is 6.07 Å². The summed E-state index contributed by atoms with van der Waals surface area (Å²) in [6, 6.07) is 15.8. The van der Waals surface area contributed by atoms with Crippen LogP contribution >= 0.6 is 23.2 Å². The lowest BCUT2D eigenvalue weighted by Gasteiger charge is -2.25. The number of rotatable bonds is 4. The molecule has 0 amide bonds. The van der Waals surface area contributed by atoms with E-state index in [9.17, 15) is 0 Å². The predicted molar refractivity (Wildman–Crippen MR) is 87.2 cm³/mol. The van der Waals surface area contributed by atoms with Gasteiger partial charge in [-0.3, -0.25) is 0 Å². The van der Waals surface area contributed by atoms with Gasteiger partial charge in [0.2, 0.25) is 0 Å². The van der Waals surface area contributed by atoms with Gasteiger partial charge in [0.25, 0.3) is 0 Å². The molecule has 2 atom stereocenters. The summed E-state index contributed by atoms with van der Waals surface area (Å²) in [5.74, 6) is 1.08. The molecule has 2 nitrogen and oxygen atoms in total. The van der Waals surface area contributed by atoms with Crippen LogP contribution in [-0.2, 0) is 0 Å². The normalized spacial score (nSPS) is 19.4. The zero-order valence-corrected chi connectivity index (χ0v) is 13.1. The number of nitrogens with one attached hydrogen (secondary N) is 1. The van der Waals surface area contributed by atoms with E-state index < -0.39 is 0 Å². The number of ether oxygens (including phenoxy) is 1. The number of hydrogen-bond acceptors (Lipinski definition) is 2. The molecule has 0 bridgehead atoms. The maximum atomic E-state index is 6.26. The van der Waals surface area contributed by atoms with Crippen LogP contribution in [0.2, 0.25) is 10.0 Å².